The number of hydrogen-bond donors (Lipinski definition) is 0. The first kappa shape index (κ1) is 19.8. The van der Waals surface area contributed by atoms with E-state index in [-0.39, 0.29) is 17.1 Å². The first-order valence-corrected chi connectivity index (χ1v) is 10.3. The summed E-state index contributed by atoms with van der Waals surface area (Å²) in [6.07, 6.45) is 5.02. The van der Waals surface area contributed by atoms with Crippen LogP contribution in [0.25, 0.3) is 11.0 Å². The van der Waals surface area contributed by atoms with Gasteiger partial charge >= 0.3 is 0 Å². The van der Waals surface area contributed by atoms with Gasteiger partial charge in [0.1, 0.15) is 17.9 Å². The van der Waals surface area contributed by atoms with Gasteiger partial charge in [0.25, 0.3) is 5.91 Å². The van der Waals surface area contributed by atoms with E-state index in [2.05, 4.69) is 11.6 Å². The van der Waals surface area contributed by atoms with Crippen molar-refractivity contribution in [3.05, 3.63) is 118 Å². The van der Waals surface area contributed by atoms with E-state index in [1.807, 2.05) is 36.4 Å². The van der Waals surface area contributed by atoms with E-state index in [9.17, 15) is 9.59 Å². The maximum atomic E-state index is 13.5. The third kappa shape index (κ3) is 3.36. The molecule has 3 heterocycles. The second-order valence-corrected chi connectivity index (χ2v) is 7.53. The first-order valence-electron chi connectivity index (χ1n) is 10.3. The number of aromatic nitrogens is 1. The van der Waals surface area contributed by atoms with Crippen LogP contribution in [0.15, 0.2) is 94.9 Å². The summed E-state index contributed by atoms with van der Waals surface area (Å²) >= 11 is 0. The maximum absolute atomic E-state index is 13.5. The molecule has 32 heavy (non-hydrogen) atoms. The Kier molecular flexibility index (Phi) is 5.03. The van der Waals surface area contributed by atoms with Crippen molar-refractivity contribution in [1.82, 2.24) is 9.88 Å². The average molecular weight is 424 g/mol. The molecule has 4 aromatic rings. The second kappa shape index (κ2) is 8.15. The third-order valence-electron chi connectivity index (χ3n) is 5.52. The lowest BCUT2D eigenvalue weighted by molar-refractivity contribution is 0.0714. The summed E-state index contributed by atoms with van der Waals surface area (Å²) in [5.74, 6) is 0.407. The van der Waals surface area contributed by atoms with Crippen molar-refractivity contribution < 1.29 is 13.9 Å². The van der Waals surface area contributed by atoms with Gasteiger partial charge in [-0.15, -0.1) is 0 Å². The summed E-state index contributed by atoms with van der Waals surface area (Å²) in [6.45, 7) is 4.35. The van der Waals surface area contributed by atoms with Gasteiger partial charge in [0.15, 0.2) is 5.43 Å². The van der Waals surface area contributed by atoms with Crippen LogP contribution in [0.5, 0.6) is 5.75 Å². The Morgan fingerprint density at radius 1 is 1.06 bits per heavy atom. The van der Waals surface area contributed by atoms with Crippen LogP contribution in [0.3, 0.4) is 0 Å². The van der Waals surface area contributed by atoms with E-state index in [1.165, 1.54) is 0 Å². The van der Waals surface area contributed by atoms with Crippen LogP contribution in [0.4, 0.5) is 0 Å². The van der Waals surface area contributed by atoms with Crippen LogP contribution in [0.1, 0.15) is 33.3 Å². The summed E-state index contributed by atoms with van der Waals surface area (Å²) in [5, 5.41) is 0.453. The van der Waals surface area contributed by atoms with E-state index in [1.54, 1.807) is 47.6 Å². The van der Waals surface area contributed by atoms with E-state index >= 15 is 0 Å². The predicted molar refractivity (Wildman–Crippen MR) is 121 cm³/mol. The highest BCUT2D eigenvalue weighted by Crippen LogP contribution is 2.39. The third-order valence-corrected chi connectivity index (χ3v) is 5.52. The van der Waals surface area contributed by atoms with Crippen molar-refractivity contribution in [2.75, 3.05) is 6.61 Å². The average Bonchev–Trinajstić information content (AvgIpc) is 3.10. The number of nitrogens with zero attached hydrogens (tertiary/aromatic N) is 2. The van der Waals surface area contributed by atoms with Gasteiger partial charge in [-0.1, -0.05) is 36.9 Å². The quantitative estimate of drug-likeness (QED) is 0.426. The zero-order valence-electron chi connectivity index (χ0n) is 17.2. The molecule has 2 aromatic heterocycles. The molecule has 0 N–H and O–H groups in total. The minimum absolute atomic E-state index is 0.0881. The van der Waals surface area contributed by atoms with Crippen LogP contribution in [0, 0.1) is 0 Å². The predicted octanol–water partition coefficient (Wildman–Crippen LogP) is 4.50. The fourth-order valence-corrected chi connectivity index (χ4v) is 4.09. The summed E-state index contributed by atoms with van der Waals surface area (Å²) in [7, 11) is 0. The first-order chi connectivity index (χ1) is 15.7. The molecule has 2 aromatic carbocycles. The van der Waals surface area contributed by atoms with Gasteiger partial charge in [-0.05, 0) is 47.5 Å². The number of para-hydroxylation sites is 1. The van der Waals surface area contributed by atoms with E-state index in [0.717, 1.165) is 11.1 Å². The topological polar surface area (TPSA) is 72.6 Å². The molecule has 0 saturated carbocycles. The van der Waals surface area contributed by atoms with Gasteiger partial charge in [0.2, 0.25) is 5.76 Å². The van der Waals surface area contributed by atoms with Crippen molar-refractivity contribution in [1.29, 1.82) is 0 Å². The number of rotatable bonds is 6. The lowest BCUT2D eigenvalue weighted by atomic mass is 9.98. The van der Waals surface area contributed by atoms with Gasteiger partial charge in [0.05, 0.1) is 17.0 Å². The number of fused-ring (bicyclic) bond motifs is 2. The standard InChI is InChI=1S/C26H20N2O4/c1-2-14-31-19-7-5-6-18(15-19)23-22-24(29)20-8-3-4-9-21(20)32-25(22)26(30)28(23)16-17-10-12-27-13-11-17/h2-13,15,23H,1,14,16H2/t23-/m1/s1. The molecule has 5 rings (SSSR count). The van der Waals surface area contributed by atoms with E-state index in [4.69, 9.17) is 9.15 Å². The zero-order chi connectivity index (χ0) is 22.1. The molecular weight excluding hydrogens is 404 g/mol. The molecule has 6 nitrogen and oxygen atoms in total. The zero-order valence-corrected chi connectivity index (χ0v) is 17.2. The molecular formula is C26H20N2O4. The normalized spacial score (nSPS) is 15.1. The number of carbonyl (C=O) groups excluding carboxylic acids is 1. The Balaban J connectivity index is 1.69. The van der Waals surface area contributed by atoms with Crippen molar-refractivity contribution in [2.24, 2.45) is 0 Å². The van der Waals surface area contributed by atoms with Gasteiger partial charge in [0, 0.05) is 18.9 Å². The van der Waals surface area contributed by atoms with Gasteiger partial charge < -0.3 is 14.1 Å². The summed E-state index contributed by atoms with van der Waals surface area (Å²) in [6, 6.07) is 17.5. The number of benzene rings is 2. The van der Waals surface area contributed by atoms with Crippen molar-refractivity contribution >= 4 is 16.9 Å². The maximum Gasteiger partial charge on any atom is 0.291 e. The summed E-state index contributed by atoms with van der Waals surface area (Å²) in [4.78, 5) is 32.7. The Morgan fingerprint density at radius 2 is 1.88 bits per heavy atom. The van der Waals surface area contributed by atoms with Crippen molar-refractivity contribution in [3.63, 3.8) is 0 Å². The summed E-state index contributed by atoms with van der Waals surface area (Å²) < 4.78 is 11.7. The Bertz CT molecular complexity index is 1380. The molecule has 0 aliphatic carbocycles. The van der Waals surface area contributed by atoms with Gasteiger partial charge in [-0.25, -0.2) is 0 Å². The molecule has 0 fully saturated rings. The molecule has 1 atom stereocenters. The van der Waals surface area contributed by atoms with E-state index in [0.29, 0.717) is 35.4 Å². The van der Waals surface area contributed by atoms with Crippen LogP contribution in [0.2, 0.25) is 0 Å². The summed E-state index contributed by atoms with van der Waals surface area (Å²) in [5.41, 5.74) is 2.23. The minimum Gasteiger partial charge on any atom is -0.490 e. The molecule has 0 saturated heterocycles. The van der Waals surface area contributed by atoms with Crippen molar-refractivity contribution in [2.45, 2.75) is 12.6 Å². The van der Waals surface area contributed by atoms with Crippen LogP contribution in [-0.4, -0.2) is 22.4 Å². The largest absolute Gasteiger partial charge is 0.490 e. The SMILES string of the molecule is C=CCOc1cccc([C@@H]2c3c(oc4ccccc4c3=O)C(=O)N2Cc2ccncc2)c1. The number of pyridine rings is 1. The monoisotopic (exact) mass is 424 g/mol. The fourth-order valence-electron chi connectivity index (χ4n) is 4.09. The highest BCUT2D eigenvalue weighted by molar-refractivity contribution is 5.99. The smallest absolute Gasteiger partial charge is 0.291 e. The van der Waals surface area contributed by atoms with Gasteiger partial charge in [-0.2, -0.15) is 0 Å². The molecule has 0 bridgehead atoms. The number of hydrogen-bond acceptors (Lipinski definition) is 5. The Hall–Kier alpha value is -4.19. The molecule has 6 heteroatoms. The lowest BCUT2D eigenvalue weighted by Crippen LogP contribution is -2.29. The molecule has 0 unspecified atom stereocenters. The second-order valence-electron chi connectivity index (χ2n) is 7.53. The molecule has 1 aliphatic rings. The van der Waals surface area contributed by atoms with Crippen LogP contribution < -0.4 is 10.2 Å². The van der Waals surface area contributed by atoms with Crippen LogP contribution >= 0.6 is 0 Å². The number of amides is 1. The van der Waals surface area contributed by atoms with Crippen molar-refractivity contribution in [3.8, 4) is 5.75 Å². The van der Waals surface area contributed by atoms with E-state index < -0.39 is 6.04 Å². The minimum atomic E-state index is -0.598. The van der Waals surface area contributed by atoms with Gasteiger partial charge in [-0.3, -0.25) is 14.6 Å². The molecule has 0 spiro atoms. The molecule has 158 valence electrons. The lowest BCUT2D eigenvalue weighted by Gasteiger charge is -2.25. The molecule has 1 aliphatic heterocycles. The Morgan fingerprint density at radius 3 is 2.69 bits per heavy atom. The number of ether oxygens (including phenoxy) is 1. The fraction of sp³-hybridized carbons (Fsp3) is 0.115. The van der Waals surface area contributed by atoms with Crippen LogP contribution in [-0.2, 0) is 6.54 Å². The number of carbonyl (C=O) groups is 1. The Labute approximate surface area is 184 Å². The highest BCUT2D eigenvalue weighted by Gasteiger charge is 2.42. The highest BCUT2D eigenvalue weighted by atomic mass is 16.5. The molecule has 0 radical (unpaired) electrons. The molecule has 1 amide bonds.